The van der Waals surface area contributed by atoms with Crippen molar-refractivity contribution in [1.82, 2.24) is 5.32 Å². The van der Waals surface area contributed by atoms with E-state index >= 15 is 0 Å². The predicted octanol–water partition coefficient (Wildman–Crippen LogP) is 0.0147. The molecule has 0 spiro atoms. The number of aliphatic carboxylic acids is 1. The molecule has 0 saturated heterocycles. The van der Waals surface area contributed by atoms with Gasteiger partial charge in [0.25, 0.3) is 0 Å². The molecule has 1 aromatic rings. The molecule has 5 N–H and O–H groups in total. The Morgan fingerprint density at radius 2 is 1.96 bits per heavy atom. The zero-order valence-electron chi connectivity index (χ0n) is 14.4. The molecule has 1 aromatic heterocycles. The molecule has 0 unspecified atom stereocenters. The van der Waals surface area contributed by atoms with Crippen LogP contribution in [0.2, 0.25) is 0 Å². The summed E-state index contributed by atoms with van der Waals surface area (Å²) in [7, 11) is 1.39. The first-order valence-electron chi connectivity index (χ1n) is 7.80. The highest BCUT2D eigenvalue weighted by Gasteiger charge is 2.26. The molecule has 0 aromatic carbocycles. The minimum absolute atomic E-state index is 0.139. The van der Waals surface area contributed by atoms with Gasteiger partial charge in [-0.3, -0.25) is 9.59 Å². The number of nitrogens with one attached hydrogen (secondary N) is 1. The Bertz CT molecular complexity index is 656. The Morgan fingerprint density at radius 3 is 2.48 bits per heavy atom. The number of aliphatic hydroxyl groups is 1. The summed E-state index contributed by atoms with van der Waals surface area (Å²) in [5.41, 5.74) is 4.69. The number of carboxylic acid groups (broad SMARTS) is 1. The molecule has 140 valence electrons. The average Bonchev–Trinajstić information content (AvgIpc) is 2.52. The number of carbonyl (C=O) groups is 2. The SMILES string of the molecule is COc1cc([C@H](CC(C)C)NC(=O)[C@H](O)C[C@@H](N)C(=O)O)oc(=O)c1. The third-order valence-corrected chi connectivity index (χ3v) is 3.46. The molecule has 25 heavy (non-hydrogen) atoms. The van der Waals surface area contributed by atoms with Gasteiger partial charge in [0, 0.05) is 12.5 Å². The largest absolute Gasteiger partial charge is 0.496 e. The summed E-state index contributed by atoms with van der Waals surface area (Å²) in [5.74, 6) is -1.51. The monoisotopic (exact) mass is 356 g/mol. The van der Waals surface area contributed by atoms with E-state index in [0.717, 1.165) is 0 Å². The number of nitrogens with two attached hydrogens (primary N) is 1. The van der Waals surface area contributed by atoms with Crippen LogP contribution in [0.1, 0.15) is 38.5 Å². The van der Waals surface area contributed by atoms with Gasteiger partial charge < -0.3 is 30.4 Å². The molecule has 0 saturated carbocycles. The van der Waals surface area contributed by atoms with Crippen molar-refractivity contribution in [3.8, 4) is 5.75 Å². The fraction of sp³-hybridized carbons (Fsp3) is 0.562. The molecule has 0 fully saturated rings. The topological polar surface area (TPSA) is 152 Å². The summed E-state index contributed by atoms with van der Waals surface area (Å²) in [6.07, 6.45) is -1.60. The molecule has 0 aliphatic rings. The van der Waals surface area contributed by atoms with Crippen molar-refractivity contribution < 1.29 is 29.0 Å². The van der Waals surface area contributed by atoms with Crippen molar-refractivity contribution in [1.29, 1.82) is 0 Å². The van der Waals surface area contributed by atoms with E-state index in [0.29, 0.717) is 6.42 Å². The molecule has 3 atom stereocenters. The molecule has 9 heteroatoms. The Labute approximate surface area is 144 Å². The molecule has 0 bridgehead atoms. The van der Waals surface area contributed by atoms with Crippen LogP contribution in [0.5, 0.6) is 5.75 Å². The van der Waals surface area contributed by atoms with E-state index in [2.05, 4.69) is 5.32 Å². The second-order valence-electron chi connectivity index (χ2n) is 6.11. The number of aliphatic hydroxyl groups excluding tert-OH is 1. The molecule has 0 radical (unpaired) electrons. The van der Waals surface area contributed by atoms with Gasteiger partial charge in [-0.05, 0) is 12.3 Å². The van der Waals surface area contributed by atoms with Gasteiger partial charge in [-0.2, -0.15) is 0 Å². The van der Waals surface area contributed by atoms with Gasteiger partial charge in [0.2, 0.25) is 5.91 Å². The van der Waals surface area contributed by atoms with Crippen molar-refractivity contribution in [2.24, 2.45) is 11.7 Å². The second kappa shape index (κ2) is 9.19. The van der Waals surface area contributed by atoms with Crippen LogP contribution < -0.4 is 21.4 Å². The summed E-state index contributed by atoms with van der Waals surface area (Å²) >= 11 is 0. The smallest absolute Gasteiger partial charge is 0.339 e. The van der Waals surface area contributed by atoms with E-state index in [4.69, 9.17) is 20.0 Å². The lowest BCUT2D eigenvalue weighted by atomic mass is 10.0. The lowest BCUT2D eigenvalue weighted by Crippen LogP contribution is -2.43. The van der Waals surface area contributed by atoms with Gasteiger partial charge in [-0.25, -0.2) is 4.79 Å². The van der Waals surface area contributed by atoms with Gasteiger partial charge >= 0.3 is 11.6 Å². The van der Waals surface area contributed by atoms with E-state index in [9.17, 15) is 19.5 Å². The summed E-state index contributed by atoms with van der Waals surface area (Å²) in [5, 5.41) is 21.2. The van der Waals surface area contributed by atoms with E-state index in [1.807, 2.05) is 13.8 Å². The lowest BCUT2D eigenvalue weighted by molar-refractivity contribution is -0.140. The molecule has 9 nitrogen and oxygen atoms in total. The number of ether oxygens (including phenoxy) is 1. The van der Waals surface area contributed by atoms with Crippen molar-refractivity contribution in [2.45, 2.75) is 44.9 Å². The molecule has 1 heterocycles. The first kappa shape index (κ1) is 20.7. The fourth-order valence-electron chi connectivity index (χ4n) is 2.20. The minimum atomic E-state index is -1.60. The summed E-state index contributed by atoms with van der Waals surface area (Å²) in [6, 6.07) is 0.591. The van der Waals surface area contributed by atoms with Crippen molar-refractivity contribution >= 4 is 11.9 Å². The van der Waals surface area contributed by atoms with Crippen LogP contribution in [0.4, 0.5) is 0 Å². The average molecular weight is 356 g/mol. The second-order valence-corrected chi connectivity index (χ2v) is 6.11. The number of rotatable bonds is 9. The Morgan fingerprint density at radius 1 is 1.32 bits per heavy atom. The van der Waals surface area contributed by atoms with Gasteiger partial charge in [-0.1, -0.05) is 13.8 Å². The summed E-state index contributed by atoms with van der Waals surface area (Å²) in [4.78, 5) is 34.5. The van der Waals surface area contributed by atoms with Gasteiger partial charge in [-0.15, -0.1) is 0 Å². The van der Waals surface area contributed by atoms with E-state index in [1.54, 1.807) is 0 Å². The van der Waals surface area contributed by atoms with Crippen molar-refractivity contribution in [2.75, 3.05) is 7.11 Å². The molecular formula is C16H24N2O7. The van der Waals surface area contributed by atoms with Crippen LogP contribution in [0.3, 0.4) is 0 Å². The van der Waals surface area contributed by atoms with Crippen molar-refractivity contribution in [3.63, 3.8) is 0 Å². The molecule has 0 aliphatic heterocycles. The minimum Gasteiger partial charge on any atom is -0.496 e. The van der Waals surface area contributed by atoms with Crippen LogP contribution in [-0.4, -0.2) is 41.3 Å². The number of hydrogen-bond donors (Lipinski definition) is 4. The van der Waals surface area contributed by atoms with Crippen LogP contribution >= 0.6 is 0 Å². The normalized spacial score (nSPS) is 14.6. The highest BCUT2D eigenvalue weighted by atomic mass is 16.5. The maximum atomic E-state index is 12.1. The zero-order chi connectivity index (χ0) is 19.1. The van der Waals surface area contributed by atoms with E-state index < -0.39 is 42.1 Å². The zero-order valence-corrected chi connectivity index (χ0v) is 14.4. The lowest BCUT2D eigenvalue weighted by Gasteiger charge is -2.22. The van der Waals surface area contributed by atoms with Crippen LogP contribution in [0, 0.1) is 5.92 Å². The quantitative estimate of drug-likeness (QED) is 0.483. The molecule has 0 aliphatic carbocycles. The molecule has 1 amide bonds. The molecule has 1 rings (SSSR count). The molecular weight excluding hydrogens is 332 g/mol. The fourth-order valence-corrected chi connectivity index (χ4v) is 2.20. The van der Waals surface area contributed by atoms with E-state index in [-0.39, 0.29) is 17.4 Å². The van der Waals surface area contributed by atoms with Gasteiger partial charge in [0.15, 0.2) is 0 Å². The number of carbonyl (C=O) groups excluding carboxylic acids is 1. The van der Waals surface area contributed by atoms with Crippen LogP contribution in [-0.2, 0) is 9.59 Å². The highest BCUT2D eigenvalue weighted by Crippen LogP contribution is 2.23. The Balaban J connectivity index is 2.96. The number of carboxylic acids is 1. The van der Waals surface area contributed by atoms with Crippen LogP contribution in [0.15, 0.2) is 21.3 Å². The summed E-state index contributed by atoms with van der Waals surface area (Å²) < 4.78 is 10.2. The maximum absolute atomic E-state index is 12.1. The number of hydrogen-bond acceptors (Lipinski definition) is 7. The third-order valence-electron chi connectivity index (χ3n) is 3.46. The predicted molar refractivity (Wildman–Crippen MR) is 88.1 cm³/mol. The Kier molecular flexibility index (Phi) is 7.59. The van der Waals surface area contributed by atoms with E-state index in [1.165, 1.54) is 19.2 Å². The summed E-state index contributed by atoms with van der Waals surface area (Å²) in [6.45, 7) is 3.82. The number of amides is 1. The highest BCUT2D eigenvalue weighted by molar-refractivity contribution is 5.82. The Hall–Kier alpha value is -2.39. The van der Waals surface area contributed by atoms with Crippen LogP contribution in [0.25, 0.3) is 0 Å². The van der Waals surface area contributed by atoms with Crippen molar-refractivity contribution in [3.05, 3.63) is 28.3 Å². The maximum Gasteiger partial charge on any atom is 0.339 e. The van der Waals surface area contributed by atoms with Gasteiger partial charge in [0.05, 0.1) is 19.2 Å². The van der Waals surface area contributed by atoms with Gasteiger partial charge in [0.1, 0.15) is 23.7 Å². The standard InChI is InChI=1S/C16H24N2O7/c1-8(2)4-11(13-5-9(24-3)6-14(20)25-13)18-15(21)12(19)7-10(17)16(22)23/h5-6,8,10-12,19H,4,7,17H2,1-3H3,(H,18,21)(H,22,23)/t10-,11+,12-/m1/s1. The number of methoxy groups -OCH3 is 1. The first-order chi connectivity index (χ1) is 11.6. The third kappa shape index (κ3) is 6.55. The first-order valence-corrected chi connectivity index (χ1v) is 7.80.